The van der Waals surface area contributed by atoms with E-state index >= 15 is 0 Å². The molecule has 2 aromatic heterocycles. The summed E-state index contributed by atoms with van der Waals surface area (Å²) in [6.45, 7) is 3.57. The topological polar surface area (TPSA) is 124 Å². The molecule has 0 saturated carbocycles. The Morgan fingerprint density at radius 1 is 1.27 bits per heavy atom. The summed E-state index contributed by atoms with van der Waals surface area (Å²) in [5.41, 5.74) is 2.62. The van der Waals surface area contributed by atoms with Crippen molar-refractivity contribution in [1.82, 2.24) is 15.0 Å². The molecule has 0 spiro atoms. The predicted molar refractivity (Wildman–Crippen MR) is 132 cm³/mol. The molecule has 0 radical (unpaired) electrons. The van der Waals surface area contributed by atoms with Crippen LogP contribution in [0.4, 0.5) is 20.3 Å². The summed E-state index contributed by atoms with van der Waals surface area (Å²) < 4.78 is 34.8. The highest BCUT2D eigenvalue weighted by atomic mass is 35.5. The van der Waals surface area contributed by atoms with Gasteiger partial charge >= 0.3 is 5.97 Å². The first-order valence-corrected chi connectivity index (χ1v) is 12.1. The fraction of sp³-hybridized carbons (Fsp3) is 0.400. The van der Waals surface area contributed by atoms with Gasteiger partial charge in [-0.3, -0.25) is 0 Å². The van der Waals surface area contributed by atoms with Gasteiger partial charge in [-0.25, -0.2) is 28.5 Å². The first-order valence-electron chi connectivity index (χ1n) is 11.7. The van der Waals surface area contributed by atoms with Crippen LogP contribution in [0.15, 0.2) is 24.3 Å². The van der Waals surface area contributed by atoms with Gasteiger partial charge in [0.2, 0.25) is 0 Å². The van der Waals surface area contributed by atoms with E-state index in [1.54, 1.807) is 11.0 Å². The number of hydrogen-bond donors (Lipinski definition) is 2. The summed E-state index contributed by atoms with van der Waals surface area (Å²) in [5, 5.41) is 22.6. The molecule has 192 valence electrons. The summed E-state index contributed by atoms with van der Waals surface area (Å²) in [7, 11) is 0. The number of aromatic nitrogens is 3. The minimum atomic E-state index is -2.85. The van der Waals surface area contributed by atoms with Gasteiger partial charge in [0.25, 0.3) is 5.92 Å². The minimum absolute atomic E-state index is 0.00815. The largest absolute Gasteiger partial charge is 0.476 e. The number of pyridine rings is 1. The zero-order valence-corrected chi connectivity index (χ0v) is 20.8. The van der Waals surface area contributed by atoms with Gasteiger partial charge < -0.3 is 20.1 Å². The quantitative estimate of drug-likeness (QED) is 0.462. The zero-order chi connectivity index (χ0) is 26.5. The van der Waals surface area contributed by atoms with E-state index in [0.717, 1.165) is 5.56 Å². The Morgan fingerprint density at radius 2 is 1.97 bits per heavy atom. The lowest BCUT2D eigenvalue weighted by Crippen LogP contribution is -2.59. The number of halogens is 3. The van der Waals surface area contributed by atoms with Crippen LogP contribution in [0.1, 0.15) is 40.3 Å². The third kappa shape index (κ3) is 4.51. The molecule has 12 heteroatoms. The number of benzene rings is 1. The monoisotopic (exact) mass is 528 g/mol. The molecule has 5 rings (SSSR count). The van der Waals surface area contributed by atoms with Gasteiger partial charge in [0.05, 0.1) is 47.8 Å². The molecule has 2 unspecified atom stereocenters. The fourth-order valence-electron chi connectivity index (χ4n) is 5.01. The van der Waals surface area contributed by atoms with Crippen molar-refractivity contribution in [2.45, 2.75) is 25.8 Å². The predicted octanol–water partition coefficient (Wildman–Crippen LogP) is 4.45. The molecule has 3 atom stereocenters. The molecule has 2 aliphatic rings. The highest BCUT2D eigenvalue weighted by Gasteiger charge is 2.54. The molecule has 0 amide bonds. The van der Waals surface area contributed by atoms with Gasteiger partial charge in [-0.15, -0.1) is 0 Å². The summed E-state index contributed by atoms with van der Waals surface area (Å²) in [4.78, 5) is 26.6. The first-order chi connectivity index (χ1) is 17.6. The molecule has 2 aliphatic heterocycles. The van der Waals surface area contributed by atoms with Crippen LogP contribution >= 0.6 is 11.6 Å². The third-order valence-corrected chi connectivity index (χ3v) is 7.05. The number of nitrogens with zero attached hydrogens (tertiary/aromatic N) is 5. The number of carboxylic acids is 1. The molecular formula is C25H23ClF2N6O3. The molecule has 4 heterocycles. The molecule has 2 fully saturated rings. The number of piperidine rings is 1. The number of nitrogens with one attached hydrogen (secondary N) is 1. The lowest BCUT2D eigenvalue weighted by molar-refractivity contribution is -0.190. The summed E-state index contributed by atoms with van der Waals surface area (Å²) in [5.74, 6) is -5.84. The van der Waals surface area contributed by atoms with Crippen LogP contribution in [0.5, 0.6) is 0 Å². The van der Waals surface area contributed by atoms with Crippen LogP contribution in [0.3, 0.4) is 0 Å². The first kappa shape index (κ1) is 25.0. The Kier molecular flexibility index (Phi) is 6.33. The van der Waals surface area contributed by atoms with Gasteiger partial charge in [0.15, 0.2) is 17.2 Å². The van der Waals surface area contributed by atoms with E-state index in [1.807, 2.05) is 19.9 Å². The Bertz CT molecular complexity index is 1430. The number of aromatic carboxylic acids is 1. The Morgan fingerprint density at radius 3 is 2.62 bits per heavy atom. The normalized spacial score (nSPS) is 21.4. The Balaban J connectivity index is 1.57. The number of anilines is 2. The number of fused-ring (bicyclic) bond motifs is 3. The maximum absolute atomic E-state index is 14.7. The van der Waals surface area contributed by atoms with E-state index in [0.29, 0.717) is 16.6 Å². The average Bonchev–Trinajstić information content (AvgIpc) is 2.83. The van der Waals surface area contributed by atoms with E-state index < -0.39 is 29.8 Å². The number of ether oxygens (including phenoxy) is 1. The maximum atomic E-state index is 14.7. The summed E-state index contributed by atoms with van der Waals surface area (Å²) >= 11 is 5.88. The zero-order valence-electron chi connectivity index (χ0n) is 20.0. The van der Waals surface area contributed by atoms with Gasteiger partial charge in [0, 0.05) is 18.7 Å². The van der Waals surface area contributed by atoms with Crippen LogP contribution in [0, 0.1) is 30.1 Å². The summed E-state index contributed by atoms with van der Waals surface area (Å²) in [6.07, 6.45) is 0. The second-order valence-corrected chi connectivity index (χ2v) is 9.83. The van der Waals surface area contributed by atoms with Gasteiger partial charge in [-0.1, -0.05) is 17.7 Å². The van der Waals surface area contributed by atoms with Crippen molar-refractivity contribution in [1.29, 1.82) is 5.26 Å². The molecule has 9 nitrogen and oxygen atoms in total. The van der Waals surface area contributed by atoms with E-state index in [1.165, 1.54) is 12.1 Å². The van der Waals surface area contributed by atoms with Gasteiger partial charge in [-0.2, -0.15) is 5.26 Å². The molecule has 1 aromatic carbocycles. The van der Waals surface area contributed by atoms with E-state index in [2.05, 4.69) is 21.4 Å². The Hall–Kier alpha value is -3.62. The molecule has 3 aromatic rings. The van der Waals surface area contributed by atoms with Crippen molar-refractivity contribution in [2.24, 2.45) is 11.8 Å². The van der Waals surface area contributed by atoms with Crippen molar-refractivity contribution in [2.75, 3.05) is 36.5 Å². The number of carboxylic acid groups (broad SMARTS) is 1. The van der Waals surface area contributed by atoms with Gasteiger partial charge in [0.1, 0.15) is 11.2 Å². The molecule has 0 aliphatic carbocycles. The maximum Gasteiger partial charge on any atom is 0.356 e. The van der Waals surface area contributed by atoms with Crippen molar-refractivity contribution in [3.05, 3.63) is 51.9 Å². The van der Waals surface area contributed by atoms with Crippen LogP contribution in [0.25, 0.3) is 11.0 Å². The number of alkyl halides is 2. The highest BCUT2D eigenvalue weighted by molar-refractivity contribution is 6.29. The van der Waals surface area contributed by atoms with Crippen LogP contribution in [-0.4, -0.2) is 58.3 Å². The van der Waals surface area contributed by atoms with Crippen molar-refractivity contribution in [3.8, 4) is 6.07 Å². The molecular weight excluding hydrogens is 506 g/mol. The molecule has 2 bridgehead atoms. The van der Waals surface area contributed by atoms with Crippen LogP contribution in [0.2, 0.25) is 5.15 Å². The number of nitriles is 1. The number of aryl methyl sites for hydroxylation is 1. The minimum Gasteiger partial charge on any atom is -0.476 e. The number of carbonyl (C=O) groups is 1. The fourth-order valence-corrected chi connectivity index (χ4v) is 5.16. The standard InChI is InChI=1S/C25H23ClF2N6O3/c1-12-5-16(13(2)30-17-3-4-20(26)32-22(17)24(35)36)21-18(6-12)31-19(7-29)23(33-21)34-8-14-10-37-11-15(9-34)25(14,27)28/h3-6,13-15,30H,8-11H2,1-2H3,(H,35,36)/t13-,14?,15?/m1/s1. The second kappa shape index (κ2) is 9.36. The lowest BCUT2D eigenvalue weighted by Gasteiger charge is -2.47. The van der Waals surface area contributed by atoms with E-state index in [4.69, 9.17) is 21.3 Å². The van der Waals surface area contributed by atoms with Crippen molar-refractivity contribution < 1.29 is 23.4 Å². The number of hydrogen-bond acceptors (Lipinski definition) is 8. The van der Waals surface area contributed by atoms with Crippen LogP contribution < -0.4 is 10.2 Å². The van der Waals surface area contributed by atoms with E-state index in [-0.39, 0.29) is 54.3 Å². The smallest absolute Gasteiger partial charge is 0.356 e. The average molecular weight is 529 g/mol. The van der Waals surface area contributed by atoms with Crippen molar-refractivity contribution >= 4 is 40.1 Å². The third-order valence-electron chi connectivity index (χ3n) is 6.84. The summed E-state index contributed by atoms with van der Waals surface area (Å²) in [6, 6.07) is 8.33. The van der Waals surface area contributed by atoms with Crippen LogP contribution in [-0.2, 0) is 4.74 Å². The van der Waals surface area contributed by atoms with Gasteiger partial charge in [-0.05, 0) is 37.6 Å². The molecule has 37 heavy (non-hydrogen) atoms. The lowest BCUT2D eigenvalue weighted by atomic mass is 9.83. The SMILES string of the molecule is Cc1cc([C@@H](C)Nc2ccc(Cl)nc2C(=O)O)c2nc(N3CC4COCC(C3)C4(F)F)c(C#N)nc2c1. The second-order valence-electron chi connectivity index (χ2n) is 9.44. The highest BCUT2D eigenvalue weighted by Crippen LogP contribution is 2.43. The van der Waals surface area contributed by atoms with Crippen molar-refractivity contribution in [3.63, 3.8) is 0 Å². The molecule has 2 saturated heterocycles. The molecule has 2 N–H and O–H groups in total. The number of rotatable bonds is 5. The van der Waals surface area contributed by atoms with E-state index in [9.17, 15) is 23.9 Å². The Labute approximate surface area is 216 Å².